The first-order valence-electron chi connectivity index (χ1n) is 22.0. The van der Waals surface area contributed by atoms with Gasteiger partial charge < -0.3 is 40.3 Å². The van der Waals surface area contributed by atoms with Gasteiger partial charge in [-0.15, -0.1) is 20.1 Å². The molecule has 0 spiro atoms. The van der Waals surface area contributed by atoms with E-state index in [4.69, 9.17) is 16.3 Å². The number of aliphatic hydroxyl groups excluding tert-OH is 1. The number of aromatic amines is 1. The highest BCUT2D eigenvalue weighted by Gasteiger charge is 2.44. The van der Waals surface area contributed by atoms with Crippen LogP contribution in [0.5, 0.6) is 5.75 Å². The molecule has 2 fully saturated rings. The SMILES string of the molecule is Cc1ncsc1-c1ccc(CNC(=O)[C@@H]2C[C@@H](O)CN2C(=O)[C@@H](NC(=O)CCOCC2CCN(c3ncc(C(=O)Nc4ccc(OC(F)(F)Cl)cc4)cc3-c3ccn[nH]3)CC2)C(C)(C)C)cc1. The summed E-state index contributed by atoms with van der Waals surface area (Å²) in [6, 6.07) is 14.8. The molecule has 4 amide bonds. The van der Waals surface area contributed by atoms with Gasteiger partial charge >= 0.3 is 5.57 Å². The Hall–Kier alpha value is -6.02. The highest BCUT2D eigenvalue weighted by atomic mass is 35.5. The third-order valence-electron chi connectivity index (χ3n) is 11.7. The third-order valence-corrected chi connectivity index (χ3v) is 12.8. The van der Waals surface area contributed by atoms with Gasteiger partial charge in [-0.1, -0.05) is 45.0 Å². The van der Waals surface area contributed by atoms with Crippen molar-refractivity contribution in [3.63, 3.8) is 0 Å². The number of alkyl halides is 3. The summed E-state index contributed by atoms with van der Waals surface area (Å²) in [5, 5.41) is 26.2. The fraction of sp³-hybridized carbons (Fsp3) is 0.426. The van der Waals surface area contributed by atoms with E-state index in [2.05, 4.69) is 45.8 Å². The first-order chi connectivity index (χ1) is 31.9. The molecule has 5 N–H and O–H groups in total. The Morgan fingerprint density at radius 1 is 1.03 bits per heavy atom. The van der Waals surface area contributed by atoms with Crippen molar-refractivity contribution >= 4 is 58.1 Å². The Morgan fingerprint density at radius 3 is 2.40 bits per heavy atom. The summed E-state index contributed by atoms with van der Waals surface area (Å²) in [5.74, 6) is -0.914. The van der Waals surface area contributed by atoms with Crippen LogP contribution in [0.4, 0.5) is 20.3 Å². The fourth-order valence-electron chi connectivity index (χ4n) is 8.12. The fourth-order valence-corrected chi connectivity index (χ4v) is 9.02. The first kappa shape index (κ1) is 48.9. The zero-order chi connectivity index (χ0) is 47.9. The summed E-state index contributed by atoms with van der Waals surface area (Å²) in [7, 11) is 0. The molecule has 2 aromatic carbocycles. The number of benzene rings is 2. The molecule has 356 valence electrons. The maximum absolute atomic E-state index is 14.1. The number of nitrogens with zero attached hydrogens (tertiary/aromatic N) is 5. The van der Waals surface area contributed by atoms with E-state index in [0.717, 1.165) is 34.5 Å². The molecule has 16 nitrogen and oxygen atoms in total. The number of halogens is 3. The molecule has 2 aliphatic rings. The molecular weight excluding hydrogens is 908 g/mol. The second-order valence-corrected chi connectivity index (χ2v) is 19.1. The van der Waals surface area contributed by atoms with Crippen molar-refractivity contribution in [2.75, 3.05) is 43.1 Å². The minimum absolute atomic E-state index is 0.0217. The van der Waals surface area contributed by atoms with Crippen LogP contribution in [-0.2, 0) is 25.7 Å². The molecule has 0 bridgehead atoms. The van der Waals surface area contributed by atoms with Crippen molar-refractivity contribution < 1.29 is 42.5 Å². The largest absolute Gasteiger partial charge is 0.487 e. The number of hydrogen-bond acceptors (Lipinski definition) is 12. The smallest absolute Gasteiger partial charge is 0.420 e. The molecule has 3 aromatic heterocycles. The number of thiazole rings is 1. The number of amides is 4. The van der Waals surface area contributed by atoms with Gasteiger partial charge in [0.25, 0.3) is 5.91 Å². The number of pyridine rings is 1. The van der Waals surface area contributed by atoms with Crippen molar-refractivity contribution in [1.82, 2.24) is 35.7 Å². The molecule has 5 aromatic rings. The normalized spacial score (nSPS) is 17.3. The van der Waals surface area contributed by atoms with Crippen molar-refractivity contribution in [3.05, 3.63) is 95.4 Å². The monoisotopic (exact) mass is 961 g/mol. The van der Waals surface area contributed by atoms with Crippen molar-refractivity contribution in [3.8, 4) is 27.4 Å². The lowest BCUT2D eigenvalue weighted by Gasteiger charge is -2.35. The number of aryl methyl sites for hydroxylation is 1. The second-order valence-electron chi connectivity index (χ2n) is 17.8. The first-order valence-corrected chi connectivity index (χ1v) is 23.2. The number of rotatable bonds is 17. The Kier molecular flexibility index (Phi) is 15.5. The third kappa shape index (κ3) is 12.9. The summed E-state index contributed by atoms with van der Waals surface area (Å²) < 4.78 is 36.3. The molecule has 0 aliphatic carbocycles. The highest BCUT2D eigenvalue weighted by molar-refractivity contribution is 7.13. The number of aliphatic hydroxyl groups is 1. The van der Waals surface area contributed by atoms with E-state index in [-0.39, 0.29) is 61.6 Å². The van der Waals surface area contributed by atoms with Crippen LogP contribution in [0.1, 0.15) is 68.1 Å². The number of piperidine rings is 1. The number of ether oxygens (including phenoxy) is 2. The van der Waals surface area contributed by atoms with Gasteiger partial charge in [0.05, 0.1) is 40.0 Å². The van der Waals surface area contributed by atoms with E-state index in [0.29, 0.717) is 42.5 Å². The van der Waals surface area contributed by atoms with Gasteiger partial charge in [-0.2, -0.15) is 5.10 Å². The molecular formula is C47H54ClF2N9O7S. The maximum atomic E-state index is 14.1. The molecule has 0 unspecified atom stereocenters. The van der Waals surface area contributed by atoms with Crippen LogP contribution in [0.15, 0.2) is 78.6 Å². The highest BCUT2D eigenvalue weighted by Crippen LogP contribution is 2.33. The summed E-state index contributed by atoms with van der Waals surface area (Å²) in [5.41, 5.74) is 2.09. The average molecular weight is 963 g/mol. The number of anilines is 2. The van der Waals surface area contributed by atoms with Crippen LogP contribution < -0.4 is 25.6 Å². The second kappa shape index (κ2) is 21.3. The minimum Gasteiger partial charge on any atom is -0.420 e. The molecule has 0 radical (unpaired) electrons. The Bertz CT molecular complexity index is 2490. The lowest BCUT2D eigenvalue weighted by Crippen LogP contribution is -2.57. The molecule has 0 saturated carbocycles. The minimum atomic E-state index is -3.86. The van der Waals surface area contributed by atoms with E-state index in [1.165, 1.54) is 35.4 Å². The molecule has 3 atom stereocenters. The van der Waals surface area contributed by atoms with Crippen LogP contribution in [0, 0.1) is 18.3 Å². The van der Waals surface area contributed by atoms with Gasteiger partial charge in [0, 0.05) is 80.9 Å². The maximum Gasteiger partial charge on any atom is 0.487 e. The molecule has 2 saturated heterocycles. The van der Waals surface area contributed by atoms with E-state index in [9.17, 15) is 33.1 Å². The quantitative estimate of drug-likeness (QED) is 0.0487. The topological polar surface area (TPSA) is 204 Å². The van der Waals surface area contributed by atoms with Gasteiger partial charge in [-0.05, 0) is 78.6 Å². The number of carbonyl (C=O) groups is 4. The Morgan fingerprint density at radius 2 is 1.76 bits per heavy atom. The van der Waals surface area contributed by atoms with E-state index in [1.807, 2.05) is 52.0 Å². The predicted octanol–water partition coefficient (Wildman–Crippen LogP) is 6.76. The van der Waals surface area contributed by atoms with E-state index >= 15 is 0 Å². The zero-order valence-electron chi connectivity index (χ0n) is 37.6. The zero-order valence-corrected chi connectivity index (χ0v) is 39.1. The molecule has 7 rings (SSSR count). The Balaban J connectivity index is 0.871. The Labute approximate surface area is 395 Å². The number of hydrogen-bond donors (Lipinski definition) is 5. The lowest BCUT2D eigenvalue weighted by atomic mass is 9.85. The summed E-state index contributed by atoms with van der Waals surface area (Å²) in [6.45, 7) is 9.60. The number of nitrogens with one attached hydrogen (secondary N) is 4. The average Bonchev–Trinajstić information content (AvgIpc) is 4.08. The summed E-state index contributed by atoms with van der Waals surface area (Å²) in [4.78, 5) is 67.7. The standard InChI is InChI=1S/C47H54ClF2N9O7S/c1-28-40(67-27-53-28)31-7-5-29(6-8-31)23-52-44(63)38-22-34(60)25-59(38)45(64)41(46(2,3)4)56-39(61)16-20-65-26-30-14-18-58(19-15-30)42-36(37-13-17-54-57-37)21-32(24-51-42)43(62)55-33-9-11-35(12-10-33)66-47(48,49)50/h5-13,17,21,24,27,30,34,38,41,60H,14-16,18-20,22-23,25-26H2,1-4H3,(H,52,63)(H,54,57)(H,55,62)(H,56,61)/t34-,38+,41-/m1/s1. The summed E-state index contributed by atoms with van der Waals surface area (Å²) >= 11 is 6.41. The lowest BCUT2D eigenvalue weighted by molar-refractivity contribution is -0.144. The molecule has 20 heteroatoms. The van der Waals surface area contributed by atoms with Gasteiger partial charge in [0.1, 0.15) is 23.7 Å². The number of aromatic nitrogens is 4. The van der Waals surface area contributed by atoms with Gasteiger partial charge in [-0.25, -0.2) is 9.97 Å². The number of likely N-dealkylation sites (tertiary alicyclic amines) is 1. The number of β-amino-alcohol motifs (C(OH)–C–C–N with tert-alkyl or cyclic N) is 1. The number of carbonyl (C=O) groups excluding carboxylic acids is 4. The van der Waals surface area contributed by atoms with E-state index in [1.54, 1.807) is 35.2 Å². The van der Waals surface area contributed by atoms with Crippen LogP contribution in [-0.4, -0.2) is 110 Å². The molecule has 5 heterocycles. The van der Waals surface area contributed by atoms with E-state index < -0.39 is 41.0 Å². The van der Waals surface area contributed by atoms with Crippen LogP contribution in [0.25, 0.3) is 21.7 Å². The van der Waals surface area contributed by atoms with Crippen molar-refractivity contribution in [2.45, 2.75) is 83.7 Å². The molecule has 67 heavy (non-hydrogen) atoms. The van der Waals surface area contributed by atoms with Gasteiger partial charge in [0.2, 0.25) is 17.7 Å². The predicted molar refractivity (Wildman–Crippen MR) is 250 cm³/mol. The van der Waals surface area contributed by atoms with Gasteiger partial charge in [0.15, 0.2) is 0 Å². The molecule has 2 aliphatic heterocycles. The van der Waals surface area contributed by atoms with Crippen LogP contribution in [0.2, 0.25) is 0 Å². The van der Waals surface area contributed by atoms with Crippen LogP contribution >= 0.6 is 22.9 Å². The summed E-state index contributed by atoms with van der Waals surface area (Å²) in [6.07, 6.45) is 3.88. The van der Waals surface area contributed by atoms with Crippen molar-refractivity contribution in [1.29, 1.82) is 0 Å². The van der Waals surface area contributed by atoms with Crippen molar-refractivity contribution in [2.24, 2.45) is 11.3 Å². The number of H-pyrrole nitrogens is 1. The van der Waals surface area contributed by atoms with Gasteiger partial charge in [-0.3, -0.25) is 24.3 Å². The van der Waals surface area contributed by atoms with Crippen LogP contribution in [0.3, 0.4) is 0 Å².